The van der Waals surface area contributed by atoms with E-state index in [9.17, 15) is 0 Å². The van der Waals surface area contributed by atoms with E-state index in [1.54, 1.807) is 6.33 Å². The molecule has 1 saturated carbocycles. The summed E-state index contributed by atoms with van der Waals surface area (Å²) in [5, 5.41) is 3.46. The van der Waals surface area contributed by atoms with Crippen molar-refractivity contribution in [3.63, 3.8) is 0 Å². The maximum atomic E-state index is 5.77. The molecule has 0 spiro atoms. The summed E-state index contributed by atoms with van der Waals surface area (Å²) in [7, 11) is 0. The van der Waals surface area contributed by atoms with Crippen LogP contribution in [-0.2, 0) is 12.8 Å². The van der Waals surface area contributed by atoms with Crippen LogP contribution in [0.5, 0.6) is 0 Å². The SMILES string of the molecule is NC1CC(CNc2ncnc3c2CCC3)C1. The van der Waals surface area contributed by atoms with Gasteiger partial charge >= 0.3 is 0 Å². The molecule has 4 nitrogen and oxygen atoms in total. The summed E-state index contributed by atoms with van der Waals surface area (Å²) in [5.41, 5.74) is 8.35. The molecular formula is C12H18N4. The fourth-order valence-corrected chi connectivity index (χ4v) is 2.71. The molecule has 3 rings (SSSR count). The van der Waals surface area contributed by atoms with E-state index in [-0.39, 0.29) is 0 Å². The van der Waals surface area contributed by atoms with Gasteiger partial charge in [-0.15, -0.1) is 0 Å². The quantitative estimate of drug-likeness (QED) is 0.798. The summed E-state index contributed by atoms with van der Waals surface area (Å²) in [6.07, 6.45) is 7.44. The summed E-state index contributed by atoms with van der Waals surface area (Å²) in [6.45, 7) is 1.01. The first-order valence-corrected chi connectivity index (χ1v) is 6.15. The maximum absolute atomic E-state index is 5.77. The predicted molar refractivity (Wildman–Crippen MR) is 63.2 cm³/mol. The highest BCUT2D eigenvalue weighted by molar-refractivity contribution is 5.47. The Bertz CT molecular complexity index is 385. The number of hydrogen-bond acceptors (Lipinski definition) is 4. The van der Waals surface area contributed by atoms with Gasteiger partial charge in [0.25, 0.3) is 0 Å². The molecule has 1 fully saturated rings. The van der Waals surface area contributed by atoms with Gasteiger partial charge in [0, 0.05) is 23.8 Å². The Labute approximate surface area is 95.7 Å². The van der Waals surface area contributed by atoms with Gasteiger partial charge in [0.15, 0.2) is 0 Å². The normalized spacial score (nSPS) is 27.3. The van der Waals surface area contributed by atoms with Crippen LogP contribution < -0.4 is 11.1 Å². The van der Waals surface area contributed by atoms with E-state index in [0.29, 0.717) is 6.04 Å². The van der Waals surface area contributed by atoms with Gasteiger partial charge in [0.05, 0.1) is 0 Å². The standard InChI is InChI=1S/C12H18N4/c13-9-4-8(5-9)6-14-12-10-2-1-3-11(10)15-7-16-12/h7-9H,1-6,13H2,(H,14,15,16). The summed E-state index contributed by atoms with van der Waals surface area (Å²) in [4.78, 5) is 8.67. The molecule has 86 valence electrons. The highest BCUT2D eigenvalue weighted by Gasteiger charge is 2.26. The molecule has 4 heteroatoms. The summed E-state index contributed by atoms with van der Waals surface area (Å²) in [6, 6.07) is 0.433. The molecule has 0 aromatic carbocycles. The van der Waals surface area contributed by atoms with Crippen molar-refractivity contribution in [3.8, 4) is 0 Å². The Kier molecular flexibility index (Phi) is 2.52. The lowest BCUT2D eigenvalue weighted by Gasteiger charge is -2.32. The number of hydrogen-bond donors (Lipinski definition) is 2. The number of aryl methyl sites for hydroxylation is 1. The lowest BCUT2D eigenvalue weighted by Crippen LogP contribution is -2.39. The summed E-state index contributed by atoms with van der Waals surface area (Å²) >= 11 is 0. The van der Waals surface area contributed by atoms with Crippen LogP contribution in [0.4, 0.5) is 5.82 Å². The second kappa shape index (κ2) is 4.01. The van der Waals surface area contributed by atoms with Gasteiger partial charge in [0.1, 0.15) is 12.1 Å². The zero-order valence-corrected chi connectivity index (χ0v) is 9.45. The van der Waals surface area contributed by atoms with Crippen LogP contribution in [0.2, 0.25) is 0 Å². The maximum Gasteiger partial charge on any atom is 0.132 e. The van der Waals surface area contributed by atoms with Crippen LogP contribution in [0.1, 0.15) is 30.5 Å². The third kappa shape index (κ3) is 1.78. The molecule has 2 aliphatic carbocycles. The molecule has 0 radical (unpaired) electrons. The van der Waals surface area contributed by atoms with E-state index in [1.807, 2.05) is 0 Å². The number of fused-ring (bicyclic) bond motifs is 1. The molecule has 1 aromatic rings. The second-order valence-electron chi connectivity index (χ2n) is 4.98. The fourth-order valence-electron chi connectivity index (χ4n) is 2.71. The predicted octanol–water partition coefficient (Wildman–Crippen LogP) is 1.11. The molecule has 0 aliphatic heterocycles. The molecule has 0 unspecified atom stereocenters. The Morgan fingerprint density at radius 2 is 2.19 bits per heavy atom. The molecule has 2 aliphatic rings. The van der Waals surface area contributed by atoms with Crippen LogP contribution in [-0.4, -0.2) is 22.6 Å². The van der Waals surface area contributed by atoms with Gasteiger partial charge in [0.2, 0.25) is 0 Å². The number of nitrogens with zero attached hydrogens (tertiary/aromatic N) is 2. The molecule has 0 amide bonds. The smallest absolute Gasteiger partial charge is 0.132 e. The average Bonchev–Trinajstić information content (AvgIpc) is 2.71. The summed E-state index contributed by atoms with van der Waals surface area (Å²) < 4.78 is 0. The average molecular weight is 218 g/mol. The molecule has 0 saturated heterocycles. The first-order valence-electron chi connectivity index (χ1n) is 6.15. The Balaban J connectivity index is 1.64. The van der Waals surface area contributed by atoms with Gasteiger partial charge in [-0.25, -0.2) is 9.97 Å². The lowest BCUT2D eigenvalue weighted by molar-refractivity contribution is 0.280. The Hall–Kier alpha value is -1.16. The van der Waals surface area contributed by atoms with Crippen molar-refractivity contribution in [1.82, 2.24) is 9.97 Å². The van der Waals surface area contributed by atoms with Crippen LogP contribution in [0, 0.1) is 5.92 Å². The van der Waals surface area contributed by atoms with Crippen molar-refractivity contribution < 1.29 is 0 Å². The van der Waals surface area contributed by atoms with Crippen LogP contribution in [0.15, 0.2) is 6.33 Å². The molecule has 3 N–H and O–H groups in total. The minimum absolute atomic E-state index is 0.433. The molecule has 1 aromatic heterocycles. The van der Waals surface area contributed by atoms with Crippen molar-refractivity contribution in [2.75, 3.05) is 11.9 Å². The Morgan fingerprint density at radius 1 is 1.31 bits per heavy atom. The van der Waals surface area contributed by atoms with E-state index >= 15 is 0 Å². The van der Waals surface area contributed by atoms with Gasteiger partial charge in [-0.3, -0.25) is 0 Å². The number of anilines is 1. The van der Waals surface area contributed by atoms with Crippen molar-refractivity contribution in [2.45, 2.75) is 38.1 Å². The molecule has 0 atom stereocenters. The van der Waals surface area contributed by atoms with Crippen molar-refractivity contribution in [3.05, 3.63) is 17.6 Å². The first-order chi connectivity index (χ1) is 7.83. The molecule has 1 heterocycles. The van der Waals surface area contributed by atoms with Crippen molar-refractivity contribution >= 4 is 5.82 Å². The fraction of sp³-hybridized carbons (Fsp3) is 0.667. The minimum Gasteiger partial charge on any atom is -0.369 e. The third-order valence-electron chi connectivity index (χ3n) is 3.71. The van der Waals surface area contributed by atoms with E-state index in [4.69, 9.17) is 5.73 Å². The van der Waals surface area contributed by atoms with Gasteiger partial charge < -0.3 is 11.1 Å². The number of aromatic nitrogens is 2. The highest BCUT2D eigenvalue weighted by Crippen LogP contribution is 2.28. The number of nitrogens with one attached hydrogen (secondary N) is 1. The first kappa shape index (κ1) is 10.0. The van der Waals surface area contributed by atoms with E-state index in [1.165, 1.54) is 17.7 Å². The van der Waals surface area contributed by atoms with Gasteiger partial charge in [-0.2, -0.15) is 0 Å². The van der Waals surface area contributed by atoms with Crippen LogP contribution in [0.25, 0.3) is 0 Å². The monoisotopic (exact) mass is 218 g/mol. The number of nitrogens with two attached hydrogens (primary N) is 1. The zero-order chi connectivity index (χ0) is 11.0. The molecule has 16 heavy (non-hydrogen) atoms. The second-order valence-corrected chi connectivity index (χ2v) is 4.98. The van der Waals surface area contributed by atoms with Crippen LogP contribution >= 0.6 is 0 Å². The highest BCUT2D eigenvalue weighted by atomic mass is 15.0. The zero-order valence-electron chi connectivity index (χ0n) is 9.45. The molecular weight excluding hydrogens is 200 g/mol. The van der Waals surface area contributed by atoms with E-state index < -0.39 is 0 Å². The van der Waals surface area contributed by atoms with Crippen molar-refractivity contribution in [1.29, 1.82) is 0 Å². The van der Waals surface area contributed by atoms with Crippen LogP contribution in [0.3, 0.4) is 0 Å². The Morgan fingerprint density at radius 3 is 3.00 bits per heavy atom. The van der Waals surface area contributed by atoms with Crippen molar-refractivity contribution in [2.24, 2.45) is 11.7 Å². The third-order valence-corrected chi connectivity index (χ3v) is 3.71. The topological polar surface area (TPSA) is 63.8 Å². The van der Waals surface area contributed by atoms with Gasteiger partial charge in [-0.1, -0.05) is 0 Å². The largest absolute Gasteiger partial charge is 0.369 e. The lowest BCUT2D eigenvalue weighted by atomic mass is 9.81. The molecule has 0 bridgehead atoms. The van der Waals surface area contributed by atoms with E-state index in [0.717, 1.165) is 44.0 Å². The van der Waals surface area contributed by atoms with Gasteiger partial charge in [-0.05, 0) is 38.0 Å². The summed E-state index contributed by atoms with van der Waals surface area (Å²) in [5.74, 6) is 1.80. The minimum atomic E-state index is 0.433. The number of rotatable bonds is 3. The van der Waals surface area contributed by atoms with E-state index in [2.05, 4.69) is 15.3 Å².